The first-order chi connectivity index (χ1) is 18.9. The van der Waals surface area contributed by atoms with Gasteiger partial charge in [-0.25, -0.2) is 9.96 Å². The van der Waals surface area contributed by atoms with E-state index in [1.54, 1.807) is 36.4 Å². The van der Waals surface area contributed by atoms with Crippen molar-refractivity contribution >= 4 is 39.6 Å². The lowest BCUT2D eigenvalue weighted by atomic mass is 9.89. The van der Waals surface area contributed by atoms with Crippen LogP contribution in [-0.2, 0) is 14.4 Å². The molecule has 4 aromatic carbocycles. The number of nitro benzene ring substituents is 1. The van der Waals surface area contributed by atoms with Crippen LogP contribution >= 0.6 is 0 Å². The second-order valence-corrected chi connectivity index (χ2v) is 9.19. The quantitative estimate of drug-likeness (QED) is 0.200. The number of anilines is 2. The lowest BCUT2D eigenvalue weighted by molar-refractivity contribution is -0.385. The van der Waals surface area contributed by atoms with Crippen molar-refractivity contribution in [2.24, 2.45) is 5.92 Å². The van der Waals surface area contributed by atoms with Crippen molar-refractivity contribution in [2.75, 3.05) is 24.2 Å². The average Bonchev–Trinajstić information content (AvgIpc) is 3.47. The van der Waals surface area contributed by atoms with Crippen LogP contribution in [0.15, 0.2) is 84.9 Å². The Morgan fingerprint density at radius 2 is 1.51 bits per heavy atom. The minimum Gasteiger partial charge on any atom is -0.493 e. The van der Waals surface area contributed by atoms with Gasteiger partial charge >= 0.3 is 0 Å². The molecule has 10 nitrogen and oxygen atoms in total. The zero-order valence-corrected chi connectivity index (χ0v) is 21.0. The maximum atomic E-state index is 14.1. The van der Waals surface area contributed by atoms with E-state index < -0.39 is 34.8 Å². The van der Waals surface area contributed by atoms with E-state index in [9.17, 15) is 19.7 Å². The van der Waals surface area contributed by atoms with Crippen LogP contribution in [0.3, 0.4) is 0 Å². The molecule has 2 heterocycles. The molecule has 0 aliphatic carbocycles. The SMILES string of the molecule is COc1cc([C@@H]2[C@@H]3C(=O)N(c4cccc5ccccc45)C(=O)[C@H]3ON2c2ccccc2)c([N+](=O)[O-])cc1OC. The first-order valence-electron chi connectivity index (χ1n) is 12.2. The van der Waals surface area contributed by atoms with Gasteiger partial charge in [-0.1, -0.05) is 54.6 Å². The Bertz CT molecular complexity index is 1620. The Hall–Kier alpha value is -4.96. The number of benzene rings is 4. The lowest BCUT2D eigenvalue weighted by Crippen LogP contribution is -2.37. The molecule has 0 N–H and O–H groups in total. The second-order valence-electron chi connectivity index (χ2n) is 9.19. The van der Waals surface area contributed by atoms with E-state index in [0.717, 1.165) is 15.7 Å². The first-order valence-corrected chi connectivity index (χ1v) is 12.2. The fourth-order valence-corrected chi connectivity index (χ4v) is 5.45. The smallest absolute Gasteiger partial charge is 0.278 e. The van der Waals surface area contributed by atoms with Gasteiger partial charge in [0.2, 0.25) is 5.91 Å². The van der Waals surface area contributed by atoms with Gasteiger partial charge in [-0.15, -0.1) is 0 Å². The summed E-state index contributed by atoms with van der Waals surface area (Å²) in [5.41, 5.74) is 0.854. The van der Waals surface area contributed by atoms with Crippen molar-refractivity contribution in [1.29, 1.82) is 0 Å². The Balaban J connectivity index is 1.53. The molecule has 2 aliphatic heterocycles. The summed E-state index contributed by atoms with van der Waals surface area (Å²) in [5, 5.41) is 15.3. The predicted octanol–water partition coefficient (Wildman–Crippen LogP) is 4.82. The molecule has 3 atom stereocenters. The van der Waals surface area contributed by atoms with Gasteiger partial charge in [0, 0.05) is 5.39 Å². The molecule has 0 saturated carbocycles. The largest absolute Gasteiger partial charge is 0.493 e. The van der Waals surface area contributed by atoms with Crippen molar-refractivity contribution < 1.29 is 28.8 Å². The average molecular weight is 526 g/mol. The number of carbonyl (C=O) groups excluding carboxylic acids is 2. The number of methoxy groups -OCH3 is 2. The van der Waals surface area contributed by atoms with Gasteiger partial charge in [0.25, 0.3) is 11.6 Å². The van der Waals surface area contributed by atoms with Crippen LogP contribution in [0.2, 0.25) is 0 Å². The van der Waals surface area contributed by atoms with Gasteiger partial charge in [-0.2, -0.15) is 0 Å². The number of ether oxygens (including phenoxy) is 2. The number of amides is 2. The monoisotopic (exact) mass is 525 g/mol. The molecule has 0 radical (unpaired) electrons. The second kappa shape index (κ2) is 9.41. The van der Waals surface area contributed by atoms with E-state index in [-0.39, 0.29) is 22.7 Å². The topological polar surface area (TPSA) is 111 Å². The number of nitrogens with zero attached hydrogens (tertiary/aromatic N) is 3. The number of rotatable bonds is 6. The van der Waals surface area contributed by atoms with E-state index in [1.165, 1.54) is 31.4 Å². The molecule has 196 valence electrons. The Kier molecular flexibility index (Phi) is 5.88. The fraction of sp³-hybridized carbons (Fsp3) is 0.172. The van der Waals surface area contributed by atoms with Gasteiger partial charge in [0.15, 0.2) is 17.6 Å². The molecule has 0 spiro atoms. The number of hydrogen-bond donors (Lipinski definition) is 0. The molecule has 2 fully saturated rings. The van der Waals surface area contributed by atoms with Crippen LogP contribution in [0.1, 0.15) is 11.6 Å². The van der Waals surface area contributed by atoms with Crippen LogP contribution in [0.25, 0.3) is 10.8 Å². The third-order valence-corrected chi connectivity index (χ3v) is 7.18. The molecule has 2 amide bonds. The number of carbonyl (C=O) groups is 2. The summed E-state index contributed by atoms with van der Waals surface area (Å²) in [6.45, 7) is 0. The van der Waals surface area contributed by atoms with Crippen molar-refractivity contribution in [3.8, 4) is 11.5 Å². The first kappa shape index (κ1) is 24.4. The number of nitro groups is 1. The summed E-state index contributed by atoms with van der Waals surface area (Å²) >= 11 is 0. The van der Waals surface area contributed by atoms with Crippen molar-refractivity contribution in [2.45, 2.75) is 12.1 Å². The molecule has 2 aliphatic rings. The van der Waals surface area contributed by atoms with Crippen LogP contribution in [-0.4, -0.2) is 37.1 Å². The molecule has 2 saturated heterocycles. The summed E-state index contributed by atoms with van der Waals surface area (Å²) < 4.78 is 10.7. The maximum absolute atomic E-state index is 14.1. The van der Waals surface area contributed by atoms with E-state index >= 15 is 0 Å². The summed E-state index contributed by atoms with van der Waals surface area (Å²) in [6.07, 6.45) is -1.19. The number of para-hydroxylation sites is 1. The van der Waals surface area contributed by atoms with Crippen molar-refractivity contribution in [3.05, 3.63) is 101 Å². The van der Waals surface area contributed by atoms with Crippen molar-refractivity contribution in [3.63, 3.8) is 0 Å². The van der Waals surface area contributed by atoms with E-state index in [4.69, 9.17) is 14.3 Å². The maximum Gasteiger partial charge on any atom is 0.278 e. The molecule has 0 unspecified atom stereocenters. The third-order valence-electron chi connectivity index (χ3n) is 7.18. The summed E-state index contributed by atoms with van der Waals surface area (Å²) in [4.78, 5) is 47.0. The van der Waals surface area contributed by atoms with Gasteiger partial charge < -0.3 is 9.47 Å². The molecule has 6 rings (SSSR count). The lowest BCUT2D eigenvalue weighted by Gasteiger charge is -2.29. The zero-order chi connectivity index (χ0) is 27.3. The molecular weight excluding hydrogens is 502 g/mol. The molecule has 4 aromatic rings. The Labute approximate surface area is 223 Å². The summed E-state index contributed by atoms with van der Waals surface area (Å²) in [5.74, 6) is -1.69. The fourth-order valence-electron chi connectivity index (χ4n) is 5.45. The molecule has 39 heavy (non-hydrogen) atoms. The molecular formula is C29H23N3O7. The van der Waals surface area contributed by atoms with Crippen molar-refractivity contribution in [1.82, 2.24) is 0 Å². The highest BCUT2D eigenvalue weighted by atomic mass is 16.7. The minimum atomic E-state index is -1.19. The van der Waals surface area contributed by atoms with E-state index in [0.29, 0.717) is 11.4 Å². The van der Waals surface area contributed by atoms with Crippen LogP contribution in [0.5, 0.6) is 11.5 Å². The van der Waals surface area contributed by atoms with Gasteiger partial charge in [0.1, 0.15) is 12.0 Å². The van der Waals surface area contributed by atoms with E-state index in [1.807, 2.05) is 36.4 Å². The number of hydroxylamine groups is 1. The summed E-state index contributed by atoms with van der Waals surface area (Å²) in [7, 11) is 2.80. The summed E-state index contributed by atoms with van der Waals surface area (Å²) in [6, 6.07) is 23.4. The Morgan fingerprint density at radius 1 is 0.846 bits per heavy atom. The van der Waals surface area contributed by atoms with Gasteiger partial charge in [0.05, 0.1) is 42.1 Å². The molecule has 0 bridgehead atoms. The molecule has 10 heteroatoms. The minimum absolute atomic E-state index is 0.162. The standard InChI is InChI=1S/C29H23N3O7/c1-37-23-15-20(22(32(35)36)16-24(23)38-2)26-25-27(39-31(26)18-11-4-3-5-12-18)29(34)30(28(25)33)21-14-8-10-17-9-6-7-13-19(17)21/h3-16,25-27H,1-2H3/t25-,26+,27-/m0/s1. The van der Waals surface area contributed by atoms with E-state index in [2.05, 4.69) is 0 Å². The third kappa shape index (κ3) is 3.76. The van der Waals surface area contributed by atoms with Crippen LogP contribution in [0, 0.1) is 16.0 Å². The Morgan fingerprint density at radius 3 is 2.23 bits per heavy atom. The highest BCUT2D eigenvalue weighted by Crippen LogP contribution is 2.51. The number of hydrogen-bond acceptors (Lipinski definition) is 8. The molecule has 0 aromatic heterocycles. The zero-order valence-electron chi connectivity index (χ0n) is 21.0. The van der Waals surface area contributed by atoms with Crippen LogP contribution < -0.4 is 19.4 Å². The van der Waals surface area contributed by atoms with Crippen LogP contribution in [0.4, 0.5) is 17.1 Å². The number of fused-ring (bicyclic) bond motifs is 2. The number of imide groups is 1. The highest BCUT2D eigenvalue weighted by Gasteiger charge is 2.61. The van der Waals surface area contributed by atoms with Gasteiger partial charge in [-0.05, 0) is 29.7 Å². The highest BCUT2D eigenvalue weighted by molar-refractivity contribution is 6.26. The predicted molar refractivity (Wildman–Crippen MR) is 143 cm³/mol. The normalized spacial score (nSPS) is 20.4. The van der Waals surface area contributed by atoms with Gasteiger partial charge in [-0.3, -0.25) is 24.5 Å².